The van der Waals surface area contributed by atoms with Gasteiger partial charge in [0.25, 0.3) is 5.91 Å². The topological polar surface area (TPSA) is 78.6 Å². The lowest BCUT2D eigenvalue weighted by Gasteiger charge is -2.37. The standard InChI is InChI=1S/C13H19N3O2/c14-15-11-6-4-10(5-7-11)13(18)16(8-9-17)12-2-1-3-12/h4-7,12,15,17H,1-3,8-9,14H2. The van der Waals surface area contributed by atoms with Crippen LogP contribution in [0.5, 0.6) is 0 Å². The van der Waals surface area contributed by atoms with Crippen molar-refractivity contribution in [2.45, 2.75) is 25.3 Å². The van der Waals surface area contributed by atoms with E-state index in [1.54, 1.807) is 29.2 Å². The maximum Gasteiger partial charge on any atom is 0.254 e. The Morgan fingerprint density at radius 2 is 2.06 bits per heavy atom. The molecule has 1 aromatic carbocycles. The van der Waals surface area contributed by atoms with Gasteiger partial charge in [-0.3, -0.25) is 10.6 Å². The van der Waals surface area contributed by atoms with Crippen molar-refractivity contribution in [2.24, 2.45) is 5.84 Å². The molecular formula is C13H19N3O2. The molecule has 0 atom stereocenters. The van der Waals surface area contributed by atoms with Gasteiger partial charge in [-0.1, -0.05) is 0 Å². The molecule has 2 rings (SSSR count). The molecule has 1 aromatic rings. The lowest BCUT2D eigenvalue weighted by atomic mass is 9.91. The molecule has 1 aliphatic rings. The van der Waals surface area contributed by atoms with Crippen LogP contribution in [0.1, 0.15) is 29.6 Å². The number of carbonyl (C=O) groups is 1. The van der Waals surface area contributed by atoms with Crippen molar-refractivity contribution in [3.05, 3.63) is 29.8 Å². The molecule has 18 heavy (non-hydrogen) atoms. The summed E-state index contributed by atoms with van der Waals surface area (Å²) in [5, 5.41) is 9.06. The lowest BCUT2D eigenvalue weighted by Crippen LogP contribution is -2.45. The highest BCUT2D eigenvalue weighted by atomic mass is 16.3. The first kappa shape index (κ1) is 12.9. The third-order valence-corrected chi connectivity index (χ3v) is 3.42. The summed E-state index contributed by atoms with van der Waals surface area (Å²) in [4.78, 5) is 14.1. The van der Waals surface area contributed by atoms with Gasteiger partial charge in [0.15, 0.2) is 0 Å². The van der Waals surface area contributed by atoms with Crippen LogP contribution in [0.2, 0.25) is 0 Å². The van der Waals surface area contributed by atoms with Crippen LogP contribution in [0.15, 0.2) is 24.3 Å². The molecular weight excluding hydrogens is 230 g/mol. The first-order chi connectivity index (χ1) is 8.76. The van der Waals surface area contributed by atoms with E-state index >= 15 is 0 Å². The minimum Gasteiger partial charge on any atom is -0.395 e. The number of amides is 1. The average molecular weight is 249 g/mol. The lowest BCUT2D eigenvalue weighted by molar-refractivity contribution is 0.0526. The molecule has 0 bridgehead atoms. The Morgan fingerprint density at radius 1 is 1.39 bits per heavy atom. The monoisotopic (exact) mass is 249 g/mol. The van der Waals surface area contributed by atoms with Gasteiger partial charge in [0.2, 0.25) is 0 Å². The largest absolute Gasteiger partial charge is 0.395 e. The molecule has 0 heterocycles. The van der Waals surface area contributed by atoms with Crippen LogP contribution in [0.3, 0.4) is 0 Å². The Balaban J connectivity index is 2.10. The van der Waals surface area contributed by atoms with E-state index in [1.807, 2.05) is 0 Å². The fourth-order valence-corrected chi connectivity index (χ4v) is 2.13. The van der Waals surface area contributed by atoms with E-state index in [1.165, 1.54) is 0 Å². The van der Waals surface area contributed by atoms with Crippen molar-refractivity contribution in [3.63, 3.8) is 0 Å². The van der Waals surface area contributed by atoms with Crippen molar-refractivity contribution in [1.82, 2.24) is 4.90 Å². The zero-order chi connectivity index (χ0) is 13.0. The zero-order valence-electron chi connectivity index (χ0n) is 10.3. The molecule has 0 saturated heterocycles. The number of carbonyl (C=O) groups excluding carboxylic acids is 1. The number of nitrogen functional groups attached to an aromatic ring is 1. The number of hydrogen-bond acceptors (Lipinski definition) is 4. The molecule has 98 valence electrons. The Morgan fingerprint density at radius 3 is 2.50 bits per heavy atom. The second-order valence-corrected chi connectivity index (χ2v) is 4.53. The number of nitrogens with two attached hydrogens (primary N) is 1. The summed E-state index contributed by atoms with van der Waals surface area (Å²) in [5.41, 5.74) is 3.93. The molecule has 5 heteroatoms. The van der Waals surface area contributed by atoms with Gasteiger partial charge in [0.1, 0.15) is 0 Å². The van der Waals surface area contributed by atoms with Crippen LogP contribution >= 0.6 is 0 Å². The third kappa shape index (κ3) is 2.63. The summed E-state index contributed by atoms with van der Waals surface area (Å²) < 4.78 is 0. The molecule has 0 radical (unpaired) electrons. The summed E-state index contributed by atoms with van der Waals surface area (Å²) in [6, 6.07) is 7.33. The van der Waals surface area contributed by atoms with E-state index in [9.17, 15) is 4.79 Å². The van der Waals surface area contributed by atoms with E-state index in [2.05, 4.69) is 5.43 Å². The van der Waals surface area contributed by atoms with Crippen molar-refractivity contribution < 1.29 is 9.90 Å². The van der Waals surface area contributed by atoms with Gasteiger partial charge in [-0.15, -0.1) is 0 Å². The number of aliphatic hydroxyl groups excluding tert-OH is 1. The van der Waals surface area contributed by atoms with Crippen LogP contribution in [0.25, 0.3) is 0 Å². The zero-order valence-corrected chi connectivity index (χ0v) is 10.3. The van der Waals surface area contributed by atoms with Crippen molar-refractivity contribution in [2.75, 3.05) is 18.6 Å². The van der Waals surface area contributed by atoms with E-state index in [4.69, 9.17) is 10.9 Å². The van der Waals surface area contributed by atoms with Crippen molar-refractivity contribution in [3.8, 4) is 0 Å². The molecule has 4 N–H and O–H groups in total. The quantitative estimate of drug-likeness (QED) is 0.536. The second-order valence-electron chi connectivity index (χ2n) is 4.53. The Bertz CT molecular complexity index is 401. The first-order valence-electron chi connectivity index (χ1n) is 6.24. The predicted molar refractivity (Wildman–Crippen MR) is 70.0 cm³/mol. The smallest absolute Gasteiger partial charge is 0.254 e. The molecule has 1 amide bonds. The van der Waals surface area contributed by atoms with Gasteiger partial charge < -0.3 is 15.4 Å². The van der Waals surface area contributed by atoms with Gasteiger partial charge in [0, 0.05) is 23.8 Å². The summed E-state index contributed by atoms with van der Waals surface area (Å²) in [7, 11) is 0. The van der Waals surface area contributed by atoms with Crippen LogP contribution in [0, 0.1) is 0 Å². The van der Waals surface area contributed by atoms with Gasteiger partial charge in [-0.25, -0.2) is 0 Å². The minimum absolute atomic E-state index is 0.00464. The van der Waals surface area contributed by atoms with Gasteiger partial charge >= 0.3 is 0 Å². The second kappa shape index (κ2) is 5.84. The molecule has 5 nitrogen and oxygen atoms in total. The van der Waals surface area contributed by atoms with Gasteiger partial charge in [-0.05, 0) is 43.5 Å². The van der Waals surface area contributed by atoms with Crippen molar-refractivity contribution >= 4 is 11.6 Å². The molecule has 0 aromatic heterocycles. The fraction of sp³-hybridized carbons (Fsp3) is 0.462. The number of hydrogen-bond donors (Lipinski definition) is 3. The predicted octanol–water partition coefficient (Wildman–Crippen LogP) is 0.959. The molecule has 1 saturated carbocycles. The Hall–Kier alpha value is -1.59. The number of anilines is 1. The van der Waals surface area contributed by atoms with E-state index in [0.29, 0.717) is 12.1 Å². The summed E-state index contributed by atoms with van der Waals surface area (Å²) in [5.74, 6) is 5.27. The highest BCUT2D eigenvalue weighted by molar-refractivity contribution is 5.94. The SMILES string of the molecule is NNc1ccc(C(=O)N(CCO)C2CCC2)cc1. The highest BCUT2D eigenvalue weighted by Gasteiger charge is 2.28. The molecule has 0 aliphatic heterocycles. The van der Waals surface area contributed by atoms with Crippen molar-refractivity contribution in [1.29, 1.82) is 0 Å². The van der Waals surface area contributed by atoms with E-state index in [-0.39, 0.29) is 18.6 Å². The van der Waals surface area contributed by atoms with Gasteiger partial charge in [0.05, 0.1) is 6.61 Å². The summed E-state index contributed by atoms with van der Waals surface area (Å²) in [6.07, 6.45) is 3.23. The summed E-state index contributed by atoms with van der Waals surface area (Å²) >= 11 is 0. The normalized spacial score (nSPS) is 15.0. The van der Waals surface area contributed by atoms with Crippen LogP contribution in [0.4, 0.5) is 5.69 Å². The minimum atomic E-state index is -0.0164. The molecule has 0 spiro atoms. The van der Waals surface area contributed by atoms with Crippen LogP contribution in [-0.2, 0) is 0 Å². The third-order valence-electron chi connectivity index (χ3n) is 3.42. The number of hydrazine groups is 1. The number of aliphatic hydroxyl groups is 1. The fourth-order valence-electron chi connectivity index (χ4n) is 2.13. The van der Waals surface area contributed by atoms with Gasteiger partial charge in [-0.2, -0.15) is 0 Å². The average Bonchev–Trinajstić information content (AvgIpc) is 2.35. The van der Waals surface area contributed by atoms with Crippen LogP contribution in [-0.4, -0.2) is 35.1 Å². The maximum atomic E-state index is 12.3. The van der Waals surface area contributed by atoms with Crippen LogP contribution < -0.4 is 11.3 Å². The highest BCUT2D eigenvalue weighted by Crippen LogP contribution is 2.26. The Kier molecular flexibility index (Phi) is 4.17. The molecule has 1 fully saturated rings. The number of nitrogens with one attached hydrogen (secondary N) is 1. The first-order valence-corrected chi connectivity index (χ1v) is 6.24. The number of rotatable bonds is 5. The van der Waals surface area contributed by atoms with E-state index < -0.39 is 0 Å². The molecule has 1 aliphatic carbocycles. The maximum absolute atomic E-state index is 12.3. The molecule has 0 unspecified atom stereocenters. The number of benzene rings is 1. The Labute approximate surface area is 107 Å². The summed E-state index contributed by atoms with van der Waals surface area (Å²) in [6.45, 7) is 0.408. The number of nitrogens with zero attached hydrogens (tertiary/aromatic N) is 1. The van der Waals surface area contributed by atoms with E-state index in [0.717, 1.165) is 24.9 Å².